The highest BCUT2D eigenvalue weighted by Gasteiger charge is 2.51. The molecule has 3 aromatic rings. The zero-order chi connectivity index (χ0) is 22.7. The minimum Gasteiger partial charge on any atom is -0.334 e. The molecule has 1 saturated carbocycles. The number of nitrogens with zero attached hydrogens (tertiary/aromatic N) is 3. The van der Waals surface area contributed by atoms with Crippen LogP contribution in [0.2, 0.25) is 0 Å². The lowest BCUT2D eigenvalue weighted by Gasteiger charge is -2.39. The fourth-order valence-electron chi connectivity index (χ4n) is 5.92. The molecule has 0 spiro atoms. The number of carbonyl (C=O) groups excluding carboxylic acids is 1. The topological polar surface area (TPSA) is 38.1 Å². The van der Waals surface area contributed by atoms with Crippen LogP contribution in [0.25, 0.3) is 16.9 Å². The molecule has 2 fully saturated rings. The van der Waals surface area contributed by atoms with Crippen molar-refractivity contribution in [1.82, 2.24) is 14.7 Å². The number of hydrogen-bond donors (Lipinski definition) is 0. The van der Waals surface area contributed by atoms with Gasteiger partial charge in [0.15, 0.2) is 0 Å². The van der Waals surface area contributed by atoms with Gasteiger partial charge in [0, 0.05) is 18.2 Å². The van der Waals surface area contributed by atoms with Crippen LogP contribution in [-0.4, -0.2) is 33.2 Å². The van der Waals surface area contributed by atoms with Gasteiger partial charge in [-0.05, 0) is 84.7 Å². The Morgan fingerprint density at radius 1 is 0.969 bits per heavy atom. The van der Waals surface area contributed by atoms with E-state index in [2.05, 4.69) is 25.9 Å². The first-order chi connectivity index (χ1) is 15.1. The molecule has 2 unspecified atom stereocenters. The van der Waals surface area contributed by atoms with Crippen molar-refractivity contribution in [3.63, 3.8) is 0 Å². The van der Waals surface area contributed by atoms with Gasteiger partial charge >= 0.3 is 0 Å². The second kappa shape index (κ2) is 7.26. The average molecular weight is 436 g/mol. The number of likely N-dealkylation sites (tertiary alicyclic amines) is 1. The van der Waals surface area contributed by atoms with Crippen molar-refractivity contribution < 1.29 is 13.6 Å². The molecule has 0 N–H and O–H groups in total. The van der Waals surface area contributed by atoms with E-state index < -0.39 is 0 Å². The number of carbonyl (C=O) groups is 1. The van der Waals surface area contributed by atoms with Crippen molar-refractivity contribution in [1.29, 1.82) is 0 Å². The smallest absolute Gasteiger partial charge is 0.272 e. The minimum atomic E-state index is -0.351. The zero-order valence-corrected chi connectivity index (χ0v) is 18.6. The Labute approximate surface area is 186 Å². The van der Waals surface area contributed by atoms with E-state index >= 15 is 0 Å². The van der Waals surface area contributed by atoms with Crippen molar-refractivity contribution in [2.24, 2.45) is 10.8 Å². The first-order valence-electron chi connectivity index (χ1n) is 11.1. The summed E-state index contributed by atoms with van der Waals surface area (Å²) in [5, 5.41) is 4.66. The van der Waals surface area contributed by atoms with Gasteiger partial charge in [-0.2, -0.15) is 5.10 Å². The molecule has 5 rings (SSSR count). The number of rotatable bonds is 3. The molecule has 1 amide bonds. The monoisotopic (exact) mass is 435 g/mol. The maximum atomic E-state index is 13.8. The van der Waals surface area contributed by atoms with E-state index in [1.807, 2.05) is 4.90 Å². The number of hydrogen-bond acceptors (Lipinski definition) is 2. The number of aromatic nitrogens is 2. The van der Waals surface area contributed by atoms with Gasteiger partial charge in [0.25, 0.3) is 5.91 Å². The maximum absolute atomic E-state index is 13.8. The molecule has 2 aromatic carbocycles. The number of benzene rings is 2. The predicted octanol–water partition coefficient (Wildman–Crippen LogP) is 5.86. The maximum Gasteiger partial charge on any atom is 0.272 e. The van der Waals surface area contributed by atoms with Crippen LogP contribution in [-0.2, 0) is 0 Å². The summed E-state index contributed by atoms with van der Waals surface area (Å²) in [6.45, 7) is 7.55. The lowest BCUT2D eigenvalue weighted by Crippen LogP contribution is -2.38. The standard InChI is InChI=1S/C26H27F2N3O/c1-25(2)13-21-14-26(3,15-25)16-30(21)24(32)23-12-22(17-4-6-18(27)7-5-17)29-31(23)20-10-8-19(28)9-11-20/h4-12,21H,13-16H2,1-3H3. The SMILES string of the molecule is CC1(C)CC2CC(C)(CN2C(=O)c2cc(-c3ccc(F)cc3)nn2-c2ccc(F)cc2)C1. The molecule has 32 heavy (non-hydrogen) atoms. The summed E-state index contributed by atoms with van der Waals surface area (Å²) in [5.41, 5.74) is 2.65. The van der Waals surface area contributed by atoms with Gasteiger partial charge in [0.1, 0.15) is 17.3 Å². The van der Waals surface area contributed by atoms with Crippen LogP contribution in [0, 0.1) is 22.5 Å². The Hall–Kier alpha value is -3.02. The summed E-state index contributed by atoms with van der Waals surface area (Å²) in [6.07, 6.45) is 3.08. The van der Waals surface area contributed by atoms with Crippen LogP contribution in [0.1, 0.15) is 50.5 Å². The van der Waals surface area contributed by atoms with E-state index in [1.54, 1.807) is 35.0 Å². The highest BCUT2D eigenvalue weighted by Crippen LogP contribution is 2.52. The van der Waals surface area contributed by atoms with Crippen LogP contribution in [0.5, 0.6) is 0 Å². The molecular weight excluding hydrogens is 408 g/mol. The van der Waals surface area contributed by atoms with Crippen LogP contribution < -0.4 is 0 Å². The fraction of sp³-hybridized carbons (Fsp3) is 0.385. The molecule has 1 aliphatic carbocycles. The van der Waals surface area contributed by atoms with E-state index in [9.17, 15) is 13.6 Å². The minimum absolute atomic E-state index is 0.0680. The third kappa shape index (κ3) is 3.72. The van der Waals surface area contributed by atoms with Crippen molar-refractivity contribution in [2.45, 2.75) is 46.1 Å². The van der Waals surface area contributed by atoms with Gasteiger partial charge < -0.3 is 4.90 Å². The average Bonchev–Trinajstić information content (AvgIpc) is 3.27. The Bertz CT molecular complexity index is 1170. The van der Waals surface area contributed by atoms with Crippen molar-refractivity contribution in [3.8, 4) is 16.9 Å². The molecule has 4 nitrogen and oxygen atoms in total. The Balaban J connectivity index is 1.57. The highest BCUT2D eigenvalue weighted by atomic mass is 19.1. The molecule has 6 heteroatoms. The number of fused-ring (bicyclic) bond motifs is 2. The molecule has 1 saturated heterocycles. The van der Waals surface area contributed by atoms with E-state index in [-0.39, 0.29) is 34.4 Å². The van der Waals surface area contributed by atoms with E-state index in [4.69, 9.17) is 0 Å². The summed E-state index contributed by atoms with van der Waals surface area (Å²) in [5.74, 6) is -0.749. The van der Waals surface area contributed by atoms with Gasteiger partial charge in [0.2, 0.25) is 0 Å². The lowest BCUT2D eigenvalue weighted by molar-refractivity contribution is 0.0699. The molecule has 2 heterocycles. The van der Waals surface area contributed by atoms with E-state index in [1.165, 1.54) is 24.3 Å². The van der Waals surface area contributed by atoms with Crippen LogP contribution in [0.15, 0.2) is 54.6 Å². The van der Waals surface area contributed by atoms with E-state index in [0.29, 0.717) is 17.1 Å². The Kier molecular flexibility index (Phi) is 4.73. The van der Waals surface area contributed by atoms with Crippen LogP contribution >= 0.6 is 0 Å². The second-order valence-electron chi connectivity index (χ2n) is 10.5. The van der Waals surface area contributed by atoms with Gasteiger partial charge in [-0.25, -0.2) is 13.5 Å². The van der Waals surface area contributed by atoms with Gasteiger partial charge in [-0.1, -0.05) is 20.8 Å². The van der Waals surface area contributed by atoms with Crippen molar-refractivity contribution in [2.75, 3.05) is 6.54 Å². The van der Waals surface area contributed by atoms with Gasteiger partial charge in [0.05, 0.1) is 11.4 Å². The first kappa shape index (κ1) is 20.9. The quantitative estimate of drug-likeness (QED) is 0.517. The van der Waals surface area contributed by atoms with Gasteiger partial charge in [-0.15, -0.1) is 0 Å². The highest BCUT2D eigenvalue weighted by molar-refractivity contribution is 5.95. The molecule has 166 valence electrons. The second-order valence-corrected chi connectivity index (χ2v) is 10.5. The summed E-state index contributed by atoms with van der Waals surface area (Å²) in [7, 11) is 0. The molecule has 0 radical (unpaired) electrons. The zero-order valence-electron chi connectivity index (χ0n) is 18.6. The Morgan fingerprint density at radius 2 is 1.59 bits per heavy atom. The third-order valence-electron chi connectivity index (χ3n) is 6.82. The summed E-state index contributed by atoms with van der Waals surface area (Å²) < 4.78 is 28.5. The summed E-state index contributed by atoms with van der Waals surface area (Å²) in [4.78, 5) is 15.8. The third-order valence-corrected chi connectivity index (χ3v) is 6.82. The van der Waals surface area contributed by atoms with Crippen molar-refractivity contribution >= 4 is 5.91 Å². The Morgan fingerprint density at radius 3 is 2.25 bits per heavy atom. The molecule has 1 aliphatic heterocycles. The lowest BCUT2D eigenvalue weighted by atomic mass is 9.65. The number of amides is 1. The molecular formula is C26H27F2N3O. The van der Waals surface area contributed by atoms with Crippen LogP contribution in [0.4, 0.5) is 8.78 Å². The van der Waals surface area contributed by atoms with Gasteiger partial charge in [-0.3, -0.25) is 4.79 Å². The first-order valence-corrected chi connectivity index (χ1v) is 11.1. The predicted molar refractivity (Wildman–Crippen MR) is 119 cm³/mol. The van der Waals surface area contributed by atoms with Crippen molar-refractivity contribution in [3.05, 3.63) is 71.9 Å². The van der Waals surface area contributed by atoms with Crippen LogP contribution in [0.3, 0.4) is 0 Å². The summed E-state index contributed by atoms with van der Waals surface area (Å²) >= 11 is 0. The molecule has 2 atom stereocenters. The number of halogens is 2. The molecule has 2 bridgehead atoms. The normalized spacial score (nSPS) is 24.0. The molecule has 1 aromatic heterocycles. The van der Waals surface area contributed by atoms with E-state index in [0.717, 1.165) is 31.4 Å². The summed E-state index contributed by atoms with van der Waals surface area (Å²) in [6, 6.07) is 13.9. The fourth-order valence-corrected chi connectivity index (χ4v) is 5.92. The largest absolute Gasteiger partial charge is 0.334 e. The molecule has 2 aliphatic rings.